The highest BCUT2D eigenvalue weighted by molar-refractivity contribution is 5.94. The lowest BCUT2D eigenvalue weighted by Crippen LogP contribution is -2.49. The van der Waals surface area contributed by atoms with Crippen LogP contribution in [0.5, 0.6) is 0 Å². The molecule has 0 aliphatic carbocycles. The molecule has 1 aromatic carbocycles. The molecule has 0 bridgehead atoms. The highest BCUT2D eigenvalue weighted by Crippen LogP contribution is 2.30. The number of piperazine rings is 1. The zero-order valence-corrected chi connectivity index (χ0v) is 20.4. The summed E-state index contributed by atoms with van der Waals surface area (Å²) in [5.74, 6) is 0.691. The zero-order chi connectivity index (χ0) is 25.4. The fourth-order valence-electron chi connectivity index (χ4n) is 4.67. The Hall–Kier alpha value is -4.30. The SMILES string of the molecule is Cc1c(C#N)c(NC(=O)CN2CCN(c3ncnc4c3cnn4C)CC2)n(-c2ccc(F)cc2)c1C. The lowest BCUT2D eigenvalue weighted by Gasteiger charge is -2.35. The molecule has 1 fully saturated rings. The summed E-state index contributed by atoms with van der Waals surface area (Å²) in [6.07, 6.45) is 3.32. The van der Waals surface area contributed by atoms with Crippen molar-refractivity contribution in [3.63, 3.8) is 0 Å². The summed E-state index contributed by atoms with van der Waals surface area (Å²) in [6.45, 7) is 6.69. The van der Waals surface area contributed by atoms with Gasteiger partial charge in [0.15, 0.2) is 5.65 Å². The molecular weight excluding hydrogens is 461 g/mol. The number of carbonyl (C=O) groups excluding carboxylic acids is 1. The molecule has 4 heterocycles. The van der Waals surface area contributed by atoms with Gasteiger partial charge in [-0.05, 0) is 43.7 Å². The van der Waals surface area contributed by atoms with Crippen LogP contribution in [-0.2, 0) is 11.8 Å². The van der Waals surface area contributed by atoms with Crippen molar-refractivity contribution in [2.45, 2.75) is 13.8 Å². The smallest absolute Gasteiger partial charge is 0.239 e. The first kappa shape index (κ1) is 23.4. The Morgan fingerprint density at radius 2 is 1.86 bits per heavy atom. The monoisotopic (exact) mass is 487 g/mol. The van der Waals surface area contributed by atoms with Crippen LogP contribution in [0.3, 0.4) is 0 Å². The number of nitrogens with one attached hydrogen (secondary N) is 1. The van der Waals surface area contributed by atoms with Crippen LogP contribution in [0.2, 0.25) is 0 Å². The number of nitriles is 1. The second kappa shape index (κ2) is 9.39. The molecular formula is C25H26FN9O. The minimum Gasteiger partial charge on any atom is -0.353 e. The molecule has 11 heteroatoms. The maximum Gasteiger partial charge on any atom is 0.239 e. The van der Waals surface area contributed by atoms with Crippen molar-refractivity contribution in [3.8, 4) is 11.8 Å². The Morgan fingerprint density at radius 1 is 1.14 bits per heavy atom. The summed E-state index contributed by atoms with van der Waals surface area (Å²) >= 11 is 0. The van der Waals surface area contributed by atoms with Gasteiger partial charge < -0.3 is 10.2 Å². The Morgan fingerprint density at radius 3 is 2.56 bits per heavy atom. The summed E-state index contributed by atoms with van der Waals surface area (Å²) in [7, 11) is 1.85. The number of benzene rings is 1. The van der Waals surface area contributed by atoms with E-state index >= 15 is 0 Å². The summed E-state index contributed by atoms with van der Waals surface area (Å²) < 4.78 is 17.0. The molecule has 1 saturated heterocycles. The first-order valence-corrected chi connectivity index (χ1v) is 11.6. The third kappa shape index (κ3) is 4.16. The molecule has 36 heavy (non-hydrogen) atoms. The normalized spacial score (nSPS) is 14.2. The fraction of sp³-hybridized carbons (Fsp3) is 0.320. The van der Waals surface area contributed by atoms with Crippen LogP contribution < -0.4 is 10.2 Å². The predicted molar refractivity (Wildman–Crippen MR) is 134 cm³/mol. The second-order valence-corrected chi connectivity index (χ2v) is 8.87. The highest BCUT2D eigenvalue weighted by Gasteiger charge is 2.25. The molecule has 0 spiro atoms. The first-order chi connectivity index (χ1) is 17.4. The van der Waals surface area contributed by atoms with Crippen molar-refractivity contribution in [1.29, 1.82) is 5.26 Å². The van der Waals surface area contributed by atoms with Gasteiger partial charge in [0.1, 0.15) is 29.8 Å². The number of fused-ring (bicyclic) bond motifs is 1. The molecule has 4 aromatic rings. The molecule has 0 unspecified atom stereocenters. The Labute approximate surface area is 207 Å². The van der Waals surface area contributed by atoms with E-state index in [4.69, 9.17) is 0 Å². The van der Waals surface area contributed by atoms with E-state index in [-0.39, 0.29) is 18.3 Å². The Bertz CT molecular complexity index is 1470. The quantitative estimate of drug-likeness (QED) is 0.461. The number of nitrogens with zero attached hydrogens (tertiary/aromatic N) is 8. The number of aryl methyl sites for hydroxylation is 1. The van der Waals surface area contributed by atoms with Crippen LogP contribution in [0, 0.1) is 31.0 Å². The van der Waals surface area contributed by atoms with Crippen molar-refractivity contribution >= 4 is 28.6 Å². The minimum absolute atomic E-state index is 0.192. The molecule has 1 N–H and O–H groups in total. The van der Waals surface area contributed by atoms with E-state index in [2.05, 4.69) is 36.3 Å². The number of hydrogen-bond acceptors (Lipinski definition) is 7. The lowest BCUT2D eigenvalue weighted by molar-refractivity contribution is -0.117. The minimum atomic E-state index is -0.350. The van der Waals surface area contributed by atoms with Gasteiger partial charge in [0.05, 0.1) is 23.7 Å². The standard InChI is InChI=1S/C25H26FN9O/c1-16-17(2)35(19-6-4-18(26)5-7-19)25(20(16)12-27)31-22(36)14-33-8-10-34(11-9-33)24-21-13-30-32(3)23(21)28-15-29-24/h4-7,13,15H,8-11,14H2,1-3H3,(H,31,36). The highest BCUT2D eigenvalue weighted by atomic mass is 19.1. The van der Waals surface area contributed by atoms with Crippen LogP contribution in [-0.4, -0.2) is 67.8 Å². The van der Waals surface area contributed by atoms with Gasteiger partial charge in [0.2, 0.25) is 5.91 Å². The van der Waals surface area contributed by atoms with Gasteiger partial charge in [-0.1, -0.05) is 0 Å². The molecule has 3 aromatic heterocycles. The summed E-state index contributed by atoms with van der Waals surface area (Å²) in [6, 6.07) is 8.18. The van der Waals surface area contributed by atoms with Crippen LogP contribution in [0.25, 0.3) is 16.7 Å². The molecule has 5 rings (SSSR count). The molecule has 0 atom stereocenters. The largest absolute Gasteiger partial charge is 0.353 e. The third-order valence-electron chi connectivity index (χ3n) is 6.72. The average Bonchev–Trinajstić information content (AvgIpc) is 3.37. The maximum absolute atomic E-state index is 13.5. The molecule has 10 nitrogen and oxygen atoms in total. The Balaban J connectivity index is 1.29. The van der Waals surface area contributed by atoms with Gasteiger partial charge in [0, 0.05) is 44.6 Å². The summed E-state index contributed by atoms with van der Waals surface area (Å²) in [5, 5.41) is 17.9. The molecule has 1 aliphatic rings. The molecule has 0 saturated carbocycles. The molecule has 1 amide bonds. The molecule has 1 aliphatic heterocycles. The summed E-state index contributed by atoms with van der Waals surface area (Å²) in [5.41, 5.74) is 3.45. The van der Waals surface area contributed by atoms with E-state index in [1.807, 2.05) is 20.9 Å². The van der Waals surface area contributed by atoms with E-state index in [1.165, 1.54) is 12.1 Å². The molecule has 184 valence electrons. The average molecular weight is 488 g/mol. The van der Waals surface area contributed by atoms with Crippen molar-refractivity contribution < 1.29 is 9.18 Å². The van der Waals surface area contributed by atoms with Crippen molar-refractivity contribution in [2.75, 3.05) is 42.9 Å². The fourth-order valence-corrected chi connectivity index (χ4v) is 4.67. The second-order valence-electron chi connectivity index (χ2n) is 8.87. The third-order valence-corrected chi connectivity index (χ3v) is 6.72. The first-order valence-electron chi connectivity index (χ1n) is 11.6. The van der Waals surface area contributed by atoms with E-state index < -0.39 is 0 Å². The summed E-state index contributed by atoms with van der Waals surface area (Å²) in [4.78, 5) is 26.1. The van der Waals surface area contributed by atoms with Crippen LogP contribution in [0.1, 0.15) is 16.8 Å². The number of amides is 1. The van der Waals surface area contributed by atoms with E-state index in [9.17, 15) is 14.4 Å². The van der Waals surface area contributed by atoms with Crippen LogP contribution in [0.15, 0.2) is 36.8 Å². The number of anilines is 2. The molecule has 0 radical (unpaired) electrons. The van der Waals surface area contributed by atoms with Crippen molar-refractivity contribution in [2.24, 2.45) is 7.05 Å². The lowest BCUT2D eigenvalue weighted by atomic mass is 10.2. The number of rotatable bonds is 5. The van der Waals surface area contributed by atoms with Crippen molar-refractivity contribution in [3.05, 3.63) is 59.4 Å². The van der Waals surface area contributed by atoms with Gasteiger partial charge in [-0.2, -0.15) is 10.4 Å². The van der Waals surface area contributed by atoms with Gasteiger partial charge in [-0.3, -0.25) is 18.9 Å². The number of halogens is 1. The van der Waals surface area contributed by atoms with E-state index in [0.717, 1.165) is 28.1 Å². The topological polar surface area (TPSA) is 108 Å². The number of hydrogen-bond donors (Lipinski definition) is 1. The van der Waals surface area contributed by atoms with Crippen molar-refractivity contribution in [1.82, 2.24) is 29.2 Å². The number of aromatic nitrogens is 5. The van der Waals surface area contributed by atoms with E-state index in [1.54, 1.807) is 33.9 Å². The van der Waals surface area contributed by atoms with Crippen LogP contribution >= 0.6 is 0 Å². The maximum atomic E-state index is 13.5. The van der Waals surface area contributed by atoms with Gasteiger partial charge in [0.25, 0.3) is 0 Å². The van der Waals surface area contributed by atoms with Crippen LogP contribution in [0.4, 0.5) is 16.0 Å². The zero-order valence-electron chi connectivity index (χ0n) is 20.4. The van der Waals surface area contributed by atoms with Gasteiger partial charge in [-0.25, -0.2) is 14.4 Å². The van der Waals surface area contributed by atoms with Gasteiger partial charge in [-0.15, -0.1) is 0 Å². The van der Waals surface area contributed by atoms with Gasteiger partial charge >= 0.3 is 0 Å². The predicted octanol–water partition coefficient (Wildman–Crippen LogP) is 2.54. The van der Waals surface area contributed by atoms with E-state index in [0.29, 0.717) is 43.2 Å². The number of carbonyl (C=O) groups is 1. The Kier molecular flexibility index (Phi) is 6.12.